The molecule has 0 aromatic heterocycles. The van der Waals surface area contributed by atoms with Crippen molar-refractivity contribution in [1.29, 1.82) is 0 Å². The number of nitrogens with one attached hydrogen (secondary N) is 2. The molecular formula is C17H20ClN3O4. The predicted octanol–water partition coefficient (Wildman–Crippen LogP) is 0.519. The first-order valence-corrected chi connectivity index (χ1v) is 8.20. The fourth-order valence-corrected chi connectivity index (χ4v) is 2.57. The number of aldehydes is 1. The van der Waals surface area contributed by atoms with Crippen LogP contribution >= 0.6 is 11.6 Å². The van der Waals surface area contributed by atoms with Gasteiger partial charge in [0.25, 0.3) is 11.8 Å². The topological polar surface area (TPSA) is 111 Å². The van der Waals surface area contributed by atoms with Crippen molar-refractivity contribution in [2.75, 3.05) is 13.2 Å². The van der Waals surface area contributed by atoms with Gasteiger partial charge < -0.3 is 25.9 Å². The number of ether oxygens (including phenoxy) is 1. The number of rotatable bonds is 7. The Labute approximate surface area is 150 Å². The summed E-state index contributed by atoms with van der Waals surface area (Å²) in [6.07, 6.45) is 2.53. The van der Waals surface area contributed by atoms with E-state index in [9.17, 15) is 14.4 Å². The van der Waals surface area contributed by atoms with Crippen molar-refractivity contribution >= 4 is 29.7 Å². The van der Waals surface area contributed by atoms with Crippen LogP contribution in [0.5, 0.6) is 0 Å². The van der Waals surface area contributed by atoms with Gasteiger partial charge in [0.15, 0.2) is 0 Å². The number of hydrogen-bond donors (Lipinski definition) is 3. The van der Waals surface area contributed by atoms with Crippen LogP contribution in [0, 0.1) is 5.92 Å². The summed E-state index contributed by atoms with van der Waals surface area (Å²) in [5.74, 6) is -1.90. The van der Waals surface area contributed by atoms with Gasteiger partial charge in [-0.1, -0.05) is 23.7 Å². The van der Waals surface area contributed by atoms with E-state index in [1.54, 1.807) is 12.1 Å². The Morgan fingerprint density at radius 3 is 2.68 bits per heavy atom. The Kier molecular flexibility index (Phi) is 6.97. The zero-order valence-electron chi connectivity index (χ0n) is 13.5. The van der Waals surface area contributed by atoms with Crippen LogP contribution in [0.4, 0.5) is 0 Å². The maximum atomic E-state index is 12.3. The van der Waals surface area contributed by atoms with Crippen molar-refractivity contribution < 1.29 is 19.1 Å². The molecule has 1 aliphatic heterocycles. The lowest BCUT2D eigenvalue weighted by Crippen LogP contribution is -2.47. The van der Waals surface area contributed by atoms with Crippen LogP contribution in [0.3, 0.4) is 0 Å². The first-order chi connectivity index (χ1) is 12.0. The molecule has 0 radical (unpaired) electrons. The predicted molar refractivity (Wildman–Crippen MR) is 92.5 cm³/mol. The van der Waals surface area contributed by atoms with E-state index in [1.165, 1.54) is 6.20 Å². The largest absolute Gasteiger partial charge is 0.386 e. The summed E-state index contributed by atoms with van der Waals surface area (Å²) in [6, 6.07) is 6.76. The molecule has 1 unspecified atom stereocenters. The average molecular weight is 366 g/mol. The lowest BCUT2D eigenvalue weighted by Gasteiger charge is -2.28. The molecule has 7 nitrogen and oxygen atoms in total. The third-order valence-electron chi connectivity index (χ3n) is 3.87. The summed E-state index contributed by atoms with van der Waals surface area (Å²) in [7, 11) is 0. The summed E-state index contributed by atoms with van der Waals surface area (Å²) in [4.78, 5) is 34.9. The second-order valence-corrected chi connectivity index (χ2v) is 6.11. The Bertz CT molecular complexity index is 660. The monoisotopic (exact) mass is 365 g/mol. The van der Waals surface area contributed by atoms with Gasteiger partial charge in [-0.15, -0.1) is 0 Å². The molecule has 2 atom stereocenters. The van der Waals surface area contributed by atoms with Crippen LogP contribution in [0.15, 0.2) is 36.0 Å². The quantitative estimate of drug-likeness (QED) is 0.282. The Balaban J connectivity index is 1.98. The zero-order valence-corrected chi connectivity index (χ0v) is 14.3. The van der Waals surface area contributed by atoms with E-state index in [4.69, 9.17) is 22.1 Å². The number of nitrogens with two attached hydrogens (primary N) is 1. The van der Waals surface area contributed by atoms with Crippen molar-refractivity contribution in [3.63, 3.8) is 0 Å². The molecule has 0 aliphatic carbocycles. The average Bonchev–Trinajstić information content (AvgIpc) is 2.60. The van der Waals surface area contributed by atoms with Crippen molar-refractivity contribution in [2.24, 2.45) is 11.7 Å². The number of amides is 2. The summed E-state index contributed by atoms with van der Waals surface area (Å²) in [6.45, 7) is 1.09. The molecule has 1 aliphatic rings. The zero-order chi connectivity index (χ0) is 18.2. The third-order valence-corrected chi connectivity index (χ3v) is 4.12. The first-order valence-electron chi connectivity index (χ1n) is 7.83. The van der Waals surface area contributed by atoms with Crippen LogP contribution in [-0.2, 0) is 25.7 Å². The molecule has 1 saturated heterocycles. The summed E-state index contributed by atoms with van der Waals surface area (Å²) in [5.41, 5.74) is 6.01. The lowest BCUT2D eigenvalue weighted by molar-refractivity contribution is -0.124. The minimum absolute atomic E-state index is 0.204. The molecule has 1 fully saturated rings. The second kappa shape index (κ2) is 9.19. The molecule has 1 aromatic carbocycles. The van der Waals surface area contributed by atoms with E-state index in [-0.39, 0.29) is 18.2 Å². The molecular weight excluding hydrogens is 346 g/mol. The van der Waals surface area contributed by atoms with Gasteiger partial charge in [0, 0.05) is 30.4 Å². The molecule has 134 valence electrons. The van der Waals surface area contributed by atoms with E-state index in [2.05, 4.69) is 10.6 Å². The van der Waals surface area contributed by atoms with Crippen LogP contribution in [0.25, 0.3) is 0 Å². The number of benzene rings is 1. The molecule has 25 heavy (non-hydrogen) atoms. The van der Waals surface area contributed by atoms with E-state index in [0.717, 1.165) is 11.8 Å². The van der Waals surface area contributed by atoms with Gasteiger partial charge >= 0.3 is 0 Å². The highest BCUT2D eigenvalue weighted by molar-refractivity contribution is 6.30. The number of primary amides is 1. The Morgan fingerprint density at radius 1 is 1.32 bits per heavy atom. The maximum absolute atomic E-state index is 12.3. The van der Waals surface area contributed by atoms with Gasteiger partial charge in [0.2, 0.25) is 0 Å². The standard InChI is InChI=1S/C17H20ClN3O4/c18-13-3-1-11(2-4-13)7-20-8-14(16(19)23)17(24)21-15-5-6-25-10-12(15)9-22/h1-4,8-9,12,15,20H,5-7,10H2,(H2,19,23)(H,21,24)/b14-8+/t12?,15-/m0/s1. The molecule has 0 bridgehead atoms. The smallest absolute Gasteiger partial charge is 0.258 e. The van der Waals surface area contributed by atoms with Gasteiger partial charge in [-0.25, -0.2) is 0 Å². The second-order valence-electron chi connectivity index (χ2n) is 5.67. The Morgan fingerprint density at radius 2 is 2.04 bits per heavy atom. The molecule has 4 N–H and O–H groups in total. The number of hydrogen-bond acceptors (Lipinski definition) is 5. The van der Waals surface area contributed by atoms with E-state index in [1.807, 2.05) is 12.1 Å². The van der Waals surface area contributed by atoms with Gasteiger partial charge in [-0.2, -0.15) is 0 Å². The highest BCUT2D eigenvalue weighted by Gasteiger charge is 2.28. The molecule has 0 saturated carbocycles. The van der Waals surface area contributed by atoms with E-state index >= 15 is 0 Å². The minimum Gasteiger partial charge on any atom is -0.386 e. The fourth-order valence-electron chi connectivity index (χ4n) is 2.44. The highest BCUT2D eigenvalue weighted by Crippen LogP contribution is 2.13. The number of carbonyl (C=O) groups is 3. The van der Waals surface area contributed by atoms with Gasteiger partial charge in [-0.05, 0) is 24.1 Å². The van der Waals surface area contributed by atoms with Crippen LogP contribution in [0.2, 0.25) is 5.02 Å². The number of halogens is 1. The van der Waals surface area contributed by atoms with Crippen LogP contribution in [-0.4, -0.2) is 37.4 Å². The van der Waals surface area contributed by atoms with Crippen LogP contribution in [0.1, 0.15) is 12.0 Å². The third kappa shape index (κ3) is 5.58. The van der Waals surface area contributed by atoms with Gasteiger partial charge in [0.1, 0.15) is 11.9 Å². The van der Waals surface area contributed by atoms with Crippen LogP contribution < -0.4 is 16.4 Å². The number of carbonyl (C=O) groups excluding carboxylic acids is 3. The molecule has 2 amide bonds. The SMILES string of the molecule is NC(=O)/C(=C\NCc1ccc(Cl)cc1)C(=O)N[C@H]1CCOCC1C=O. The molecule has 1 aromatic rings. The summed E-state index contributed by atoms with van der Waals surface area (Å²) < 4.78 is 5.20. The fraction of sp³-hybridized carbons (Fsp3) is 0.353. The van der Waals surface area contributed by atoms with Gasteiger partial charge in [0.05, 0.1) is 12.5 Å². The van der Waals surface area contributed by atoms with Crippen molar-refractivity contribution in [3.8, 4) is 0 Å². The van der Waals surface area contributed by atoms with Gasteiger partial charge in [-0.3, -0.25) is 9.59 Å². The highest BCUT2D eigenvalue weighted by atomic mass is 35.5. The van der Waals surface area contributed by atoms with E-state index in [0.29, 0.717) is 24.6 Å². The Hall–Kier alpha value is -2.38. The molecule has 0 spiro atoms. The normalized spacial score (nSPS) is 20.6. The van der Waals surface area contributed by atoms with Crippen molar-refractivity contribution in [2.45, 2.75) is 19.0 Å². The first kappa shape index (κ1) is 19.0. The van der Waals surface area contributed by atoms with Crippen molar-refractivity contribution in [1.82, 2.24) is 10.6 Å². The molecule has 8 heteroatoms. The lowest BCUT2D eigenvalue weighted by atomic mass is 9.97. The molecule has 2 rings (SSSR count). The van der Waals surface area contributed by atoms with E-state index < -0.39 is 17.7 Å². The minimum atomic E-state index is -0.851. The molecule has 1 heterocycles. The maximum Gasteiger partial charge on any atom is 0.258 e. The van der Waals surface area contributed by atoms with Crippen molar-refractivity contribution in [3.05, 3.63) is 46.6 Å². The summed E-state index contributed by atoms with van der Waals surface area (Å²) >= 11 is 5.82. The summed E-state index contributed by atoms with van der Waals surface area (Å²) in [5, 5.41) is 6.19.